The van der Waals surface area contributed by atoms with Gasteiger partial charge in [0.1, 0.15) is 0 Å². The van der Waals surface area contributed by atoms with E-state index >= 15 is 0 Å². The van der Waals surface area contributed by atoms with Gasteiger partial charge in [0.15, 0.2) is 5.82 Å². The van der Waals surface area contributed by atoms with Crippen molar-refractivity contribution in [2.45, 2.75) is 39.8 Å². The highest BCUT2D eigenvalue weighted by Gasteiger charge is 2.10. The van der Waals surface area contributed by atoms with Crippen LogP contribution in [0, 0.1) is 6.92 Å². The van der Waals surface area contributed by atoms with Crippen molar-refractivity contribution >= 4 is 0 Å². The summed E-state index contributed by atoms with van der Waals surface area (Å²) in [5.74, 6) is 1.16. The molecule has 1 aromatic heterocycles. The number of hydroxylamine groups is 1. The molecule has 0 unspecified atom stereocenters. The zero-order chi connectivity index (χ0) is 9.90. The quantitative estimate of drug-likeness (QED) is 0.717. The topological polar surface area (TPSA) is 60.2 Å². The number of hydrogen-bond donors (Lipinski definition) is 1. The Morgan fingerprint density at radius 1 is 1.46 bits per heavy atom. The molecule has 74 valence electrons. The fourth-order valence-electron chi connectivity index (χ4n) is 0.730. The van der Waals surface area contributed by atoms with Crippen LogP contribution in [0.1, 0.15) is 32.5 Å². The first-order valence-electron chi connectivity index (χ1n) is 4.17. The van der Waals surface area contributed by atoms with E-state index in [2.05, 4.69) is 15.6 Å². The SMILES string of the molecule is Cc1nc(CNOC(C)(C)C)no1. The molecule has 1 heterocycles. The van der Waals surface area contributed by atoms with Crippen molar-refractivity contribution in [1.29, 1.82) is 0 Å². The van der Waals surface area contributed by atoms with Gasteiger partial charge in [-0.3, -0.25) is 4.84 Å². The van der Waals surface area contributed by atoms with Crippen LogP contribution in [0.15, 0.2) is 4.52 Å². The maximum absolute atomic E-state index is 5.27. The summed E-state index contributed by atoms with van der Waals surface area (Å²) in [6.07, 6.45) is 0. The highest BCUT2D eigenvalue weighted by Crippen LogP contribution is 2.04. The van der Waals surface area contributed by atoms with Crippen molar-refractivity contribution in [1.82, 2.24) is 15.6 Å². The molecule has 1 aromatic rings. The number of aryl methyl sites for hydroxylation is 1. The second-order valence-electron chi connectivity index (χ2n) is 3.77. The third-order valence-electron chi connectivity index (χ3n) is 1.18. The third kappa shape index (κ3) is 4.00. The van der Waals surface area contributed by atoms with E-state index in [1.807, 2.05) is 20.8 Å². The van der Waals surface area contributed by atoms with Crippen LogP contribution in [0.4, 0.5) is 0 Å². The molecule has 0 bridgehead atoms. The Morgan fingerprint density at radius 3 is 2.62 bits per heavy atom. The van der Waals surface area contributed by atoms with Gasteiger partial charge in [-0.2, -0.15) is 10.5 Å². The van der Waals surface area contributed by atoms with Crippen LogP contribution in [-0.2, 0) is 11.4 Å². The first-order chi connectivity index (χ1) is 5.97. The Hall–Kier alpha value is -0.940. The first-order valence-corrected chi connectivity index (χ1v) is 4.17. The number of hydrogen-bond acceptors (Lipinski definition) is 5. The van der Waals surface area contributed by atoms with E-state index in [1.165, 1.54) is 0 Å². The number of nitrogens with zero attached hydrogens (tertiary/aromatic N) is 2. The normalized spacial score (nSPS) is 12.0. The third-order valence-corrected chi connectivity index (χ3v) is 1.18. The number of nitrogens with one attached hydrogen (secondary N) is 1. The molecule has 5 heteroatoms. The predicted octanol–water partition coefficient (Wildman–Crippen LogP) is 1.20. The molecule has 5 nitrogen and oxygen atoms in total. The molecular formula is C8H15N3O2. The maximum Gasteiger partial charge on any atom is 0.223 e. The summed E-state index contributed by atoms with van der Waals surface area (Å²) in [5, 5.41) is 3.71. The van der Waals surface area contributed by atoms with E-state index in [9.17, 15) is 0 Å². The lowest BCUT2D eigenvalue weighted by molar-refractivity contribution is -0.0767. The zero-order valence-electron chi connectivity index (χ0n) is 8.42. The monoisotopic (exact) mass is 185 g/mol. The van der Waals surface area contributed by atoms with Crippen molar-refractivity contribution in [3.63, 3.8) is 0 Å². The van der Waals surface area contributed by atoms with Gasteiger partial charge in [-0.25, -0.2) is 0 Å². The fourth-order valence-corrected chi connectivity index (χ4v) is 0.730. The van der Waals surface area contributed by atoms with Crippen LogP contribution in [0.2, 0.25) is 0 Å². The van der Waals surface area contributed by atoms with E-state index in [1.54, 1.807) is 6.92 Å². The van der Waals surface area contributed by atoms with E-state index < -0.39 is 0 Å². The summed E-state index contributed by atoms with van der Waals surface area (Å²) in [7, 11) is 0. The van der Waals surface area contributed by atoms with Crippen molar-refractivity contribution in [2.24, 2.45) is 0 Å². The lowest BCUT2D eigenvalue weighted by Crippen LogP contribution is -2.29. The molecule has 0 aromatic carbocycles. The van der Waals surface area contributed by atoms with Gasteiger partial charge in [-0.05, 0) is 20.8 Å². The van der Waals surface area contributed by atoms with Gasteiger partial charge in [0.25, 0.3) is 0 Å². The minimum Gasteiger partial charge on any atom is -0.340 e. The fraction of sp³-hybridized carbons (Fsp3) is 0.750. The largest absolute Gasteiger partial charge is 0.340 e. The van der Waals surface area contributed by atoms with Crippen molar-refractivity contribution in [3.8, 4) is 0 Å². The summed E-state index contributed by atoms with van der Waals surface area (Å²) in [6, 6.07) is 0. The summed E-state index contributed by atoms with van der Waals surface area (Å²) < 4.78 is 4.79. The molecule has 0 saturated carbocycles. The van der Waals surface area contributed by atoms with Crippen LogP contribution >= 0.6 is 0 Å². The average Bonchev–Trinajstić information content (AvgIpc) is 2.33. The summed E-state index contributed by atoms with van der Waals surface area (Å²) in [6.45, 7) is 8.08. The molecule has 0 saturated heterocycles. The molecule has 1 rings (SSSR count). The van der Waals surface area contributed by atoms with Gasteiger partial charge in [0.05, 0.1) is 12.1 Å². The second-order valence-corrected chi connectivity index (χ2v) is 3.77. The van der Waals surface area contributed by atoms with E-state index in [0.29, 0.717) is 18.3 Å². The minimum absolute atomic E-state index is 0.210. The second kappa shape index (κ2) is 3.85. The van der Waals surface area contributed by atoms with Crippen molar-refractivity contribution in [3.05, 3.63) is 11.7 Å². The molecule has 0 radical (unpaired) electrons. The zero-order valence-corrected chi connectivity index (χ0v) is 8.42. The summed E-state index contributed by atoms with van der Waals surface area (Å²) in [5.41, 5.74) is 2.56. The van der Waals surface area contributed by atoms with Crippen molar-refractivity contribution < 1.29 is 9.36 Å². The van der Waals surface area contributed by atoms with Gasteiger partial charge in [-0.1, -0.05) is 5.16 Å². The van der Waals surface area contributed by atoms with Gasteiger partial charge in [0, 0.05) is 6.92 Å². The Morgan fingerprint density at radius 2 is 2.15 bits per heavy atom. The minimum atomic E-state index is -0.210. The Balaban J connectivity index is 2.28. The Labute approximate surface area is 77.4 Å². The molecule has 0 fully saturated rings. The van der Waals surface area contributed by atoms with Crippen LogP contribution < -0.4 is 5.48 Å². The van der Waals surface area contributed by atoms with Crippen LogP contribution in [0.3, 0.4) is 0 Å². The molecule has 0 aliphatic rings. The highest BCUT2D eigenvalue weighted by atomic mass is 16.7. The van der Waals surface area contributed by atoms with Gasteiger partial charge < -0.3 is 4.52 Å². The Kier molecular flexibility index (Phi) is 3.00. The smallest absolute Gasteiger partial charge is 0.223 e. The molecule has 0 atom stereocenters. The molecular weight excluding hydrogens is 170 g/mol. The van der Waals surface area contributed by atoms with Gasteiger partial charge in [0.2, 0.25) is 5.89 Å². The van der Waals surface area contributed by atoms with Crippen LogP contribution in [0.5, 0.6) is 0 Å². The average molecular weight is 185 g/mol. The standard InChI is InChI=1S/C8H15N3O2/c1-6-10-7(11-12-6)5-9-13-8(2,3)4/h9H,5H2,1-4H3. The molecule has 0 spiro atoms. The summed E-state index contributed by atoms with van der Waals surface area (Å²) in [4.78, 5) is 9.28. The molecule has 0 aliphatic carbocycles. The van der Waals surface area contributed by atoms with Gasteiger partial charge >= 0.3 is 0 Å². The number of rotatable bonds is 3. The first kappa shape index (κ1) is 10.1. The van der Waals surface area contributed by atoms with Crippen LogP contribution in [0.25, 0.3) is 0 Å². The van der Waals surface area contributed by atoms with Crippen molar-refractivity contribution in [2.75, 3.05) is 0 Å². The number of aromatic nitrogens is 2. The van der Waals surface area contributed by atoms with Gasteiger partial charge in [-0.15, -0.1) is 0 Å². The molecule has 13 heavy (non-hydrogen) atoms. The maximum atomic E-state index is 5.27. The lowest BCUT2D eigenvalue weighted by Gasteiger charge is -2.18. The van der Waals surface area contributed by atoms with Crippen LogP contribution in [-0.4, -0.2) is 15.7 Å². The molecule has 0 aliphatic heterocycles. The van der Waals surface area contributed by atoms with E-state index in [0.717, 1.165) is 0 Å². The van der Waals surface area contributed by atoms with E-state index in [-0.39, 0.29) is 5.60 Å². The molecule has 1 N–H and O–H groups in total. The highest BCUT2D eigenvalue weighted by molar-refractivity contribution is 4.81. The lowest BCUT2D eigenvalue weighted by atomic mass is 10.2. The predicted molar refractivity (Wildman–Crippen MR) is 46.7 cm³/mol. The van der Waals surface area contributed by atoms with E-state index in [4.69, 9.17) is 9.36 Å². The molecule has 0 amide bonds. The Bertz CT molecular complexity index is 265. The summed E-state index contributed by atoms with van der Waals surface area (Å²) >= 11 is 0.